The summed E-state index contributed by atoms with van der Waals surface area (Å²) < 4.78 is 5.94. The summed E-state index contributed by atoms with van der Waals surface area (Å²) in [7, 11) is 0. The van der Waals surface area contributed by atoms with Crippen LogP contribution in [0.4, 0.5) is 22.7 Å². The van der Waals surface area contributed by atoms with E-state index in [9.17, 15) is 4.79 Å². The summed E-state index contributed by atoms with van der Waals surface area (Å²) in [6.07, 6.45) is 2.94. The van der Waals surface area contributed by atoms with E-state index in [1.165, 1.54) is 12.1 Å². The number of amides is 1. The maximum Gasteiger partial charge on any atom is 0.255 e. The molecule has 0 atom stereocenters. The van der Waals surface area contributed by atoms with Crippen molar-refractivity contribution in [3.8, 4) is 11.5 Å². The summed E-state index contributed by atoms with van der Waals surface area (Å²) in [6.45, 7) is 6.08. The highest BCUT2D eigenvalue weighted by Crippen LogP contribution is 2.32. The number of nitrogens with zero attached hydrogens (tertiary/aromatic N) is 3. The monoisotopic (exact) mass is 515 g/mol. The Hall–Kier alpha value is -4.91. The summed E-state index contributed by atoms with van der Waals surface area (Å²) >= 11 is 0. The molecule has 3 heterocycles. The number of aromatic nitrogens is 2. The van der Waals surface area contributed by atoms with Crippen LogP contribution in [0.2, 0.25) is 0 Å². The van der Waals surface area contributed by atoms with Crippen LogP contribution < -0.4 is 20.3 Å². The second kappa shape index (κ2) is 10.5. The van der Waals surface area contributed by atoms with Crippen LogP contribution in [-0.2, 0) is 0 Å². The van der Waals surface area contributed by atoms with Crippen LogP contribution in [-0.4, -0.2) is 29.0 Å². The van der Waals surface area contributed by atoms with E-state index in [1.54, 1.807) is 24.4 Å². The highest BCUT2D eigenvalue weighted by Gasteiger charge is 2.16. The van der Waals surface area contributed by atoms with E-state index in [0.717, 1.165) is 46.8 Å². The molecular weight excluding hydrogens is 486 g/mol. The quantitative estimate of drug-likeness (QED) is 0.238. The molecule has 6 rings (SSSR count). The van der Waals surface area contributed by atoms with E-state index < -0.39 is 0 Å². The van der Waals surface area contributed by atoms with E-state index in [4.69, 9.17) is 9.72 Å². The van der Waals surface area contributed by atoms with Crippen molar-refractivity contribution in [2.45, 2.75) is 20.3 Å². The standard InChI is InChI=1S/C32H29N5O2/c1-21-16-28(12-13-33-21)39-27-9-4-8-25(19-27)36-32(38)23-6-3-7-24(18-23)35-31-17-22(2)34-30-11-10-26(20-29(30)31)37-14-5-15-37/h3-4,6-13,16-20H,5,14-15H2,1-2H3,(H,34,35)(H,36,38). The highest BCUT2D eigenvalue weighted by atomic mass is 16.5. The number of aryl methyl sites for hydroxylation is 2. The van der Waals surface area contributed by atoms with Crippen molar-refractivity contribution in [2.24, 2.45) is 0 Å². The Bertz CT molecular complexity index is 1680. The molecule has 1 aliphatic rings. The summed E-state index contributed by atoms with van der Waals surface area (Å²) in [5, 5.41) is 7.57. The van der Waals surface area contributed by atoms with Gasteiger partial charge < -0.3 is 20.3 Å². The zero-order valence-corrected chi connectivity index (χ0v) is 21.9. The van der Waals surface area contributed by atoms with Crippen molar-refractivity contribution in [3.05, 3.63) is 108 Å². The van der Waals surface area contributed by atoms with Gasteiger partial charge in [-0.3, -0.25) is 14.8 Å². The summed E-state index contributed by atoms with van der Waals surface area (Å²) in [5.41, 5.74) is 6.95. The number of nitrogens with one attached hydrogen (secondary N) is 2. The van der Waals surface area contributed by atoms with Gasteiger partial charge in [0.25, 0.3) is 5.91 Å². The van der Waals surface area contributed by atoms with Crippen LogP contribution in [0.25, 0.3) is 10.9 Å². The number of fused-ring (bicyclic) bond motifs is 1. The Kier molecular flexibility index (Phi) is 6.55. The van der Waals surface area contributed by atoms with Crippen molar-refractivity contribution >= 4 is 39.6 Å². The van der Waals surface area contributed by atoms with E-state index in [2.05, 4.69) is 38.7 Å². The zero-order valence-electron chi connectivity index (χ0n) is 21.9. The van der Waals surface area contributed by atoms with Gasteiger partial charge in [0.15, 0.2) is 0 Å². The first-order valence-electron chi connectivity index (χ1n) is 13.1. The molecule has 39 heavy (non-hydrogen) atoms. The smallest absolute Gasteiger partial charge is 0.255 e. The van der Waals surface area contributed by atoms with E-state index >= 15 is 0 Å². The normalized spacial score (nSPS) is 12.6. The molecule has 7 heteroatoms. The Morgan fingerprint density at radius 2 is 1.67 bits per heavy atom. The Balaban J connectivity index is 1.20. The third-order valence-corrected chi connectivity index (χ3v) is 6.74. The van der Waals surface area contributed by atoms with E-state index in [1.807, 2.05) is 62.4 Å². The van der Waals surface area contributed by atoms with Crippen molar-refractivity contribution in [1.82, 2.24) is 9.97 Å². The fourth-order valence-corrected chi connectivity index (χ4v) is 4.67. The maximum atomic E-state index is 13.2. The number of ether oxygens (including phenoxy) is 1. The van der Waals surface area contributed by atoms with Crippen molar-refractivity contribution in [3.63, 3.8) is 0 Å². The van der Waals surface area contributed by atoms with Gasteiger partial charge in [-0.25, -0.2) is 0 Å². The molecule has 7 nitrogen and oxygen atoms in total. The van der Waals surface area contributed by atoms with Gasteiger partial charge in [-0.2, -0.15) is 0 Å². The minimum absolute atomic E-state index is 0.202. The molecule has 0 aliphatic carbocycles. The van der Waals surface area contributed by atoms with Gasteiger partial charge in [-0.05, 0) is 80.9 Å². The highest BCUT2D eigenvalue weighted by molar-refractivity contribution is 6.05. The van der Waals surface area contributed by atoms with Crippen LogP contribution in [0.5, 0.6) is 11.5 Å². The Labute approximate surface area is 227 Å². The predicted molar refractivity (Wildman–Crippen MR) is 156 cm³/mol. The van der Waals surface area contributed by atoms with Gasteiger partial charge in [0, 0.05) is 76.5 Å². The van der Waals surface area contributed by atoms with Crippen molar-refractivity contribution in [2.75, 3.05) is 28.6 Å². The van der Waals surface area contributed by atoms with Gasteiger partial charge in [-0.1, -0.05) is 12.1 Å². The fourth-order valence-electron chi connectivity index (χ4n) is 4.67. The van der Waals surface area contributed by atoms with Crippen molar-refractivity contribution in [1.29, 1.82) is 0 Å². The lowest BCUT2D eigenvalue weighted by atomic mass is 10.1. The van der Waals surface area contributed by atoms with E-state index in [-0.39, 0.29) is 5.91 Å². The number of hydrogen-bond donors (Lipinski definition) is 2. The van der Waals surface area contributed by atoms with Crippen molar-refractivity contribution < 1.29 is 9.53 Å². The lowest BCUT2D eigenvalue weighted by Crippen LogP contribution is -2.36. The molecule has 0 unspecified atom stereocenters. The van der Waals surface area contributed by atoms with Crippen LogP contribution in [0, 0.1) is 13.8 Å². The summed E-state index contributed by atoms with van der Waals surface area (Å²) in [5.74, 6) is 1.12. The van der Waals surface area contributed by atoms with Crippen LogP contribution in [0.3, 0.4) is 0 Å². The summed E-state index contributed by atoms with van der Waals surface area (Å²) in [6, 6.07) is 27.0. The minimum Gasteiger partial charge on any atom is -0.457 e. The number of carbonyl (C=O) groups excluding carboxylic acids is 1. The number of hydrogen-bond acceptors (Lipinski definition) is 6. The first-order valence-corrected chi connectivity index (χ1v) is 13.1. The van der Waals surface area contributed by atoms with Crippen LogP contribution >= 0.6 is 0 Å². The number of anilines is 4. The van der Waals surface area contributed by atoms with Crippen LogP contribution in [0.1, 0.15) is 28.2 Å². The number of benzene rings is 3. The molecule has 0 radical (unpaired) electrons. The SMILES string of the molecule is Cc1cc(Oc2cccc(NC(=O)c3cccc(Nc4cc(C)nc5ccc(N6CCC6)cc45)c3)c2)ccn1. The Morgan fingerprint density at radius 1 is 0.846 bits per heavy atom. The maximum absolute atomic E-state index is 13.2. The molecule has 0 bridgehead atoms. The second-order valence-corrected chi connectivity index (χ2v) is 9.78. The second-order valence-electron chi connectivity index (χ2n) is 9.78. The Morgan fingerprint density at radius 3 is 2.49 bits per heavy atom. The molecule has 1 fully saturated rings. The average Bonchev–Trinajstić information content (AvgIpc) is 2.88. The first-order chi connectivity index (χ1) is 19.0. The third-order valence-electron chi connectivity index (χ3n) is 6.74. The lowest BCUT2D eigenvalue weighted by Gasteiger charge is -2.33. The topological polar surface area (TPSA) is 79.4 Å². The minimum atomic E-state index is -0.202. The predicted octanol–water partition coefficient (Wildman–Crippen LogP) is 7.24. The molecule has 2 aromatic heterocycles. The molecular formula is C32H29N5O2. The molecule has 3 aromatic carbocycles. The summed E-state index contributed by atoms with van der Waals surface area (Å²) in [4.78, 5) is 24.4. The molecule has 2 N–H and O–H groups in total. The lowest BCUT2D eigenvalue weighted by molar-refractivity contribution is 0.102. The molecule has 1 saturated heterocycles. The molecule has 0 spiro atoms. The first kappa shape index (κ1) is 24.4. The van der Waals surface area contributed by atoms with Gasteiger partial charge in [-0.15, -0.1) is 0 Å². The molecule has 0 saturated carbocycles. The fraction of sp³-hybridized carbons (Fsp3) is 0.156. The van der Waals surface area contributed by atoms with Gasteiger partial charge >= 0.3 is 0 Å². The molecule has 194 valence electrons. The number of carbonyl (C=O) groups is 1. The molecule has 1 aliphatic heterocycles. The van der Waals surface area contributed by atoms with Crippen LogP contribution in [0.15, 0.2) is 91.1 Å². The molecule has 1 amide bonds. The van der Waals surface area contributed by atoms with Gasteiger partial charge in [0.05, 0.1) is 5.52 Å². The largest absolute Gasteiger partial charge is 0.457 e. The molecule has 5 aromatic rings. The van der Waals surface area contributed by atoms with E-state index in [0.29, 0.717) is 22.7 Å². The number of pyridine rings is 2. The zero-order chi connectivity index (χ0) is 26.8. The number of rotatable bonds is 7. The third kappa shape index (κ3) is 5.52. The van der Waals surface area contributed by atoms with Gasteiger partial charge in [0.2, 0.25) is 0 Å². The average molecular weight is 516 g/mol. The van der Waals surface area contributed by atoms with Gasteiger partial charge in [0.1, 0.15) is 11.5 Å².